The normalized spacial score (nSPS) is 11.4. The quantitative estimate of drug-likeness (QED) is 0.786. The Morgan fingerprint density at radius 2 is 1.96 bits per heavy atom. The van der Waals surface area contributed by atoms with E-state index in [-0.39, 0.29) is 11.7 Å². The van der Waals surface area contributed by atoms with E-state index in [0.717, 1.165) is 13.3 Å². The molecular formula is C12H12F3N5O3. The zero-order valence-electron chi connectivity index (χ0n) is 12.3. The molecule has 2 rings (SSSR count). The number of hydroxylamine groups is 2. The predicted octanol–water partition coefficient (Wildman–Crippen LogP) is 1.32. The first-order chi connectivity index (χ1) is 10.8. The van der Waals surface area contributed by atoms with Gasteiger partial charge in [0.1, 0.15) is 0 Å². The number of alkyl halides is 3. The number of methoxy groups -OCH3 is 1. The molecule has 0 spiro atoms. The molecule has 2 aromatic heterocycles. The number of nitrogens with zero attached hydrogens (tertiary/aromatic N) is 5. The third-order valence-electron chi connectivity index (χ3n) is 2.88. The minimum atomic E-state index is -4.84. The van der Waals surface area contributed by atoms with Crippen molar-refractivity contribution in [2.75, 3.05) is 21.3 Å². The molecule has 0 unspecified atom stereocenters. The van der Waals surface area contributed by atoms with E-state index < -0.39 is 23.3 Å². The second kappa shape index (κ2) is 6.20. The number of carbonyl (C=O) groups is 1. The van der Waals surface area contributed by atoms with Crippen molar-refractivity contribution in [2.24, 2.45) is 0 Å². The van der Waals surface area contributed by atoms with Gasteiger partial charge in [-0.05, 0) is 6.07 Å². The van der Waals surface area contributed by atoms with Gasteiger partial charge in [0.05, 0.1) is 26.0 Å². The lowest BCUT2D eigenvalue weighted by Gasteiger charge is -2.15. The van der Waals surface area contributed by atoms with Crippen LogP contribution in [-0.2, 0) is 11.0 Å². The monoisotopic (exact) mass is 331 g/mol. The van der Waals surface area contributed by atoms with Gasteiger partial charge < -0.3 is 4.74 Å². The van der Waals surface area contributed by atoms with Crippen molar-refractivity contribution < 1.29 is 27.5 Å². The van der Waals surface area contributed by atoms with E-state index in [1.54, 1.807) is 0 Å². The first kappa shape index (κ1) is 16.7. The molecule has 0 saturated heterocycles. The topological polar surface area (TPSA) is 82.4 Å². The third-order valence-corrected chi connectivity index (χ3v) is 2.88. The number of halogens is 3. The lowest BCUT2D eigenvalue weighted by atomic mass is 10.2. The molecule has 11 heteroatoms. The fourth-order valence-electron chi connectivity index (χ4n) is 1.74. The molecule has 8 nitrogen and oxygen atoms in total. The number of hydrogen-bond acceptors (Lipinski definition) is 6. The smallest absolute Gasteiger partial charge is 0.434 e. The Hall–Kier alpha value is -2.69. The van der Waals surface area contributed by atoms with Crippen LogP contribution in [0.15, 0.2) is 18.3 Å². The molecular weight excluding hydrogens is 319 g/mol. The maximum Gasteiger partial charge on any atom is 0.434 e. The van der Waals surface area contributed by atoms with Crippen molar-refractivity contribution in [3.63, 3.8) is 0 Å². The molecule has 0 fully saturated rings. The maximum atomic E-state index is 13.4. The Morgan fingerprint density at radius 1 is 1.26 bits per heavy atom. The standard InChI is InChI=1S/C12H12F3N5O3/c1-19(23-3)11(21)7-6-16-20(10(7)12(13,14)15)8-4-5-9(22-2)18-17-8/h4-6H,1-3H3. The molecule has 2 heterocycles. The number of ether oxygens (including phenoxy) is 1. The average Bonchev–Trinajstić information content (AvgIpc) is 2.98. The summed E-state index contributed by atoms with van der Waals surface area (Å²) in [6, 6.07) is 2.56. The second-order valence-electron chi connectivity index (χ2n) is 4.24. The Morgan fingerprint density at radius 3 is 2.43 bits per heavy atom. The molecule has 0 bridgehead atoms. The van der Waals surface area contributed by atoms with Crippen LogP contribution in [0.5, 0.6) is 5.88 Å². The minimum absolute atomic E-state index is 0.130. The van der Waals surface area contributed by atoms with Crippen LogP contribution in [0.2, 0.25) is 0 Å². The molecule has 1 amide bonds. The van der Waals surface area contributed by atoms with E-state index in [2.05, 4.69) is 20.1 Å². The third kappa shape index (κ3) is 3.23. The van der Waals surface area contributed by atoms with E-state index in [0.29, 0.717) is 9.75 Å². The maximum absolute atomic E-state index is 13.4. The summed E-state index contributed by atoms with van der Waals surface area (Å²) in [5.74, 6) is -1.07. The number of hydrogen-bond donors (Lipinski definition) is 0. The van der Waals surface area contributed by atoms with Crippen LogP contribution in [0.1, 0.15) is 16.1 Å². The Balaban J connectivity index is 2.56. The lowest BCUT2D eigenvalue weighted by molar-refractivity contribution is -0.143. The summed E-state index contributed by atoms with van der Waals surface area (Å²) < 4.78 is 45.3. The van der Waals surface area contributed by atoms with Crippen molar-refractivity contribution in [3.05, 3.63) is 29.6 Å². The fraction of sp³-hybridized carbons (Fsp3) is 0.333. The van der Waals surface area contributed by atoms with Crippen LogP contribution in [0, 0.1) is 0 Å². The van der Waals surface area contributed by atoms with Crippen LogP contribution in [-0.4, -0.2) is 52.2 Å². The van der Waals surface area contributed by atoms with Gasteiger partial charge in [0.25, 0.3) is 5.91 Å². The zero-order valence-corrected chi connectivity index (χ0v) is 12.3. The molecule has 0 aliphatic rings. The van der Waals surface area contributed by atoms with Gasteiger partial charge in [0.2, 0.25) is 5.88 Å². The van der Waals surface area contributed by atoms with Gasteiger partial charge >= 0.3 is 6.18 Å². The van der Waals surface area contributed by atoms with E-state index in [1.165, 1.54) is 26.3 Å². The summed E-state index contributed by atoms with van der Waals surface area (Å²) in [6.45, 7) is 0. The molecule has 0 saturated carbocycles. The van der Waals surface area contributed by atoms with Crippen LogP contribution < -0.4 is 4.74 Å². The molecule has 0 atom stereocenters. The van der Waals surface area contributed by atoms with Crippen LogP contribution in [0.3, 0.4) is 0 Å². The fourth-order valence-corrected chi connectivity index (χ4v) is 1.74. The van der Waals surface area contributed by atoms with Crippen LogP contribution >= 0.6 is 0 Å². The number of rotatable bonds is 4. The highest BCUT2D eigenvalue weighted by atomic mass is 19.4. The van der Waals surface area contributed by atoms with E-state index >= 15 is 0 Å². The predicted molar refractivity (Wildman–Crippen MR) is 69.8 cm³/mol. The molecule has 124 valence electrons. The highest BCUT2D eigenvalue weighted by Gasteiger charge is 2.41. The molecule has 0 aliphatic heterocycles. The highest BCUT2D eigenvalue weighted by Crippen LogP contribution is 2.33. The van der Waals surface area contributed by atoms with Gasteiger partial charge in [0, 0.05) is 13.1 Å². The summed E-state index contributed by atoms with van der Waals surface area (Å²) in [5.41, 5.74) is -1.94. The second-order valence-corrected chi connectivity index (χ2v) is 4.24. The van der Waals surface area contributed by atoms with Gasteiger partial charge in [-0.3, -0.25) is 9.63 Å². The van der Waals surface area contributed by atoms with E-state index in [1.807, 2.05) is 0 Å². The molecule has 0 aromatic carbocycles. The van der Waals surface area contributed by atoms with Crippen molar-refractivity contribution in [1.29, 1.82) is 0 Å². The Bertz CT molecular complexity index is 699. The van der Waals surface area contributed by atoms with Gasteiger partial charge in [-0.2, -0.15) is 18.3 Å². The Labute approximate surface area is 128 Å². The van der Waals surface area contributed by atoms with Crippen LogP contribution in [0.25, 0.3) is 5.82 Å². The van der Waals surface area contributed by atoms with Crippen molar-refractivity contribution in [1.82, 2.24) is 25.0 Å². The molecule has 0 radical (unpaired) electrons. The van der Waals surface area contributed by atoms with Gasteiger partial charge in [-0.15, -0.1) is 10.2 Å². The largest absolute Gasteiger partial charge is 0.480 e. The average molecular weight is 331 g/mol. The van der Waals surface area contributed by atoms with Gasteiger partial charge in [0.15, 0.2) is 11.5 Å². The zero-order chi connectivity index (χ0) is 17.2. The number of aromatic nitrogens is 4. The summed E-state index contributed by atoms with van der Waals surface area (Å²) in [4.78, 5) is 16.6. The molecule has 0 aliphatic carbocycles. The van der Waals surface area contributed by atoms with E-state index in [9.17, 15) is 18.0 Å². The van der Waals surface area contributed by atoms with Crippen LogP contribution in [0.4, 0.5) is 13.2 Å². The lowest BCUT2D eigenvalue weighted by Crippen LogP contribution is -2.28. The summed E-state index contributed by atoms with van der Waals surface area (Å²) >= 11 is 0. The number of amides is 1. The van der Waals surface area contributed by atoms with Crippen molar-refractivity contribution in [3.8, 4) is 11.7 Å². The molecule has 0 N–H and O–H groups in total. The van der Waals surface area contributed by atoms with Crippen molar-refractivity contribution >= 4 is 5.91 Å². The van der Waals surface area contributed by atoms with Gasteiger partial charge in [-0.1, -0.05) is 0 Å². The number of carbonyl (C=O) groups excluding carboxylic acids is 1. The first-order valence-corrected chi connectivity index (χ1v) is 6.15. The highest BCUT2D eigenvalue weighted by molar-refractivity contribution is 5.94. The molecule has 2 aromatic rings. The Kier molecular flexibility index (Phi) is 4.50. The minimum Gasteiger partial charge on any atom is -0.480 e. The first-order valence-electron chi connectivity index (χ1n) is 6.15. The van der Waals surface area contributed by atoms with E-state index in [4.69, 9.17) is 4.74 Å². The summed E-state index contributed by atoms with van der Waals surface area (Å²) in [5, 5.41) is 11.4. The summed E-state index contributed by atoms with van der Waals surface area (Å²) in [6.07, 6.45) is -4.04. The van der Waals surface area contributed by atoms with Gasteiger partial charge in [-0.25, -0.2) is 9.75 Å². The molecule has 23 heavy (non-hydrogen) atoms. The van der Waals surface area contributed by atoms with Crippen molar-refractivity contribution in [2.45, 2.75) is 6.18 Å². The summed E-state index contributed by atoms with van der Waals surface area (Å²) in [7, 11) is 3.69. The SMILES string of the molecule is COc1ccc(-n2ncc(C(=O)N(C)OC)c2C(F)(F)F)nn1.